The van der Waals surface area contributed by atoms with Crippen LogP contribution in [0.5, 0.6) is 0 Å². The minimum Gasteiger partial charge on any atom is -0.378 e. The Morgan fingerprint density at radius 3 is 2.25 bits per heavy atom. The molecule has 1 saturated heterocycles. The van der Waals surface area contributed by atoms with Crippen molar-refractivity contribution < 1.29 is 14.9 Å². The molecule has 0 aliphatic carbocycles. The lowest BCUT2D eigenvalue weighted by Gasteiger charge is -2.07. The van der Waals surface area contributed by atoms with Gasteiger partial charge in [0.1, 0.15) is 0 Å². The number of hydrogen-bond donors (Lipinski definition) is 1. The van der Waals surface area contributed by atoms with Gasteiger partial charge in [0.15, 0.2) is 0 Å². The van der Waals surface area contributed by atoms with Crippen LogP contribution in [0.3, 0.4) is 0 Å². The summed E-state index contributed by atoms with van der Waals surface area (Å²) in [6, 6.07) is 0. The Hall–Kier alpha value is -1.55. The van der Waals surface area contributed by atoms with E-state index >= 15 is 0 Å². The minimum absolute atomic E-state index is 0.188. The molecule has 1 aliphatic heterocycles. The van der Waals surface area contributed by atoms with Gasteiger partial charge in [-0.3, -0.25) is 4.89 Å². The summed E-state index contributed by atoms with van der Waals surface area (Å²) >= 11 is 0. The van der Waals surface area contributed by atoms with E-state index in [1.54, 1.807) is 0 Å². The van der Waals surface area contributed by atoms with Crippen LogP contribution in [-0.4, -0.2) is 29.2 Å². The summed E-state index contributed by atoms with van der Waals surface area (Å²) < 4.78 is 0. The average Bonchev–Trinajstić information content (AvgIpc) is 2.82. The van der Waals surface area contributed by atoms with Crippen LogP contribution < -0.4 is 0 Å². The van der Waals surface area contributed by atoms with E-state index in [1.165, 1.54) is 32.0 Å². The molecule has 1 heterocycles. The van der Waals surface area contributed by atoms with Gasteiger partial charge in [0.2, 0.25) is 0 Å². The minimum atomic E-state index is -0.810. The molecule has 90 valence electrons. The molecule has 0 bridgehead atoms. The number of allylic oxidation sites excluding steroid dienone is 1. The molecule has 0 aromatic carbocycles. The van der Waals surface area contributed by atoms with E-state index < -0.39 is 5.97 Å². The van der Waals surface area contributed by atoms with Crippen LogP contribution in [0.15, 0.2) is 37.6 Å². The summed E-state index contributed by atoms with van der Waals surface area (Å²) in [5, 5.41) is 7.79. The van der Waals surface area contributed by atoms with Gasteiger partial charge in [-0.1, -0.05) is 19.2 Å². The largest absolute Gasteiger partial charge is 0.378 e. The molecule has 0 radical (unpaired) electrons. The fraction of sp³-hybridized carbons (Fsp3) is 0.417. The van der Waals surface area contributed by atoms with E-state index in [9.17, 15) is 4.79 Å². The average molecular weight is 225 g/mol. The predicted octanol–water partition coefficient (Wildman–Crippen LogP) is 2.36. The molecule has 4 heteroatoms. The van der Waals surface area contributed by atoms with Gasteiger partial charge in [-0.2, -0.15) is 5.26 Å². The zero-order chi connectivity index (χ0) is 12.4. The van der Waals surface area contributed by atoms with Gasteiger partial charge in [-0.25, -0.2) is 4.79 Å². The molecule has 1 fully saturated rings. The SMILES string of the molecule is C=CCC(=C)C(=O)OO.C=CN1CCCC1. The van der Waals surface area contributed by atoms with Crippen LogP contribution >= 0.6 is 0 Å². The second kappa shape index (κ2) is 8.73. The highest BCUT2D eigenvalue weighted by atomic mass is 17.1. The highest BCUT2D eigenvalue weighted by molar-refractivity contribution is 5.87. The van der Waals surface area contributed by atoms with Gasteiger partial charge >= 0.3 is 5.97 Å². The van der Waals surface area contributed by atoms with Crippen molar-refractivity contribution in [3.8, 4) is 0 Å². The third kappa shape index (κ3) is 6.03. The maximum absolute atomic E-state index is 10.3. The first-order valence-corrected chi connectivity index (χ1v) is 5.16. The van der Waals surface area contributed by atoms with Crippen LogP contribution in [0.25, 0.3) is 0 Å². The second-order valence-electron chi connectivity index (χ2n) is 3.40. The van der Waals surface area contributed by atoms with E-state index in [1.807, 2.05) is 6.20 Å². The van der Waals surface area contributed by atoms with Crippen LogP contribution in [-0.2, 0) is 9.68 Å². The molecule has 0 aromatic heterocycles. The Labute approximate surface area is 96.4 Å². The number of carbonyl (C=O) groups is 1. The Kier molecular flexibility index (Phi) is 7.89. The Balaban J connectivity index is 0.000000288. The van der Waals surface area contributed by atoms with Crippen LogP contribution in [0.1, 0.15) is 19.3 Å². The highest BCUT2D eigenvalue weighted by Crippen LogP contribution is 2.05. The lowest BCUT2D eigenvalue weighted by molar-refractivity contribution is -0.229. The summed E-state index contributed by atoms with van der Waals surface area (Å²) in [4.78, 5) is 15.9. The van der Waals surface area contributed by atoms with E-state index in [4.69, 9.17) is 5.26 Å². The number of rotatable bonds is 4. The molecular formula is C12H19NO3. The maximum Gasteiger partial charge on any atom is 0.368 e. The van der Waals surface area contributed by atoms with Crippen molar-refractivity contribution in [1.82, 2.24) is 4.90 Å². The zero-order valence-electron chi connectivity index (χ0n) is 9.52. The number of carbonyl (C=O) groups excluding carboxylic acids is 1. The molecule has 1 aliphatic rings. The Morgan fingerprint density at radius 1 is 1.38 bits per heavy atom. The summed E-state index contributed by atoms with van der Waals surface area (Å²) in [5.41, 5.74) is 0.188. The van der Waals surface area contributed by atoms with Crippen molar-refractivity contribution in [2.45, 2.75) is 19.3 Å². The van der Waals surface area contributed by atoms with E-state index in [0.717, 1.165) is 0 Å². The first kappa shape index (κ1) is 14.5. The third-order valence-electron chi connectivity index (χ3n) is 2.16. The van der Waals surface area contributed by atoms with Gasteiger partial charge in [0.05, 0.1) is 0 Å². The topological polar surface area (TPSA) is 49.8 Å². The maximum atomic E-state index is 10.3. The normalized spacial score (nSPS) is 13.4. The van der Waals surface area contributed by atoms with Gasteiger partial charge in [-0.05, 0) is 25.5 Å². The number of likely N-dealkylation sites (tertiary alicyclic amines) is 1. The molecule has 1 rings (SSSR count). The van der Waals surface area contributed by atoms with Gasteiger partial charge in [-0.15, -0.1) is 6.58 Å². The molecule has 0 saturated carbocycles. The molecule has 0 aromatic rings. The van der Waals surface area contributed by atoms with E-state index in [-0.39, 0.29) is 5.57 Å². The third-order valence-corrected chi connectivity index (χ3v) is 2.16. The van der Waals surface area contributed by atoms with Crippen LogP contribution in [0.2, 0.25) is 0 Å². The van der Waals surface area contributed by atoms with Crippen LogP contribution in [0.4, 0.5) is 0 Å². The van der Waals surface area contributed by atoms with Crippen LogP contribution in [0, 0.1) is 0 Å². The van der Waals surface area contributed by atoms with Crippen molar-refractivity contribution in [2.75, 3.05) is 13.1 Å². The predicted molar refractivity (Wildman–Crippen MR) is 63.7 cm³/mol. The molecule has 0 unspecified atom stereocenters. The first-order chi connectivity index (χ1) is 7.65. The number of nitrogens with zero attached hydrogens (tertiary/aromatic N) is 1. The standard InChI is InChI=1S/C6H11N.C6H8O3/c1-2-7-5-3-4-6-7;1-3-4-5(2)6(7)9-8/h2H,1,3-6H2;3,8H,1-2,4H2. The number of hydrogen-bond acceptors (Lipinski definition) is 4. The highest BCUT2D eigenvalue weighted by Gasteiger charge is 2.04. The fourth-order valence-corrected chi connectivity index (χ4v) is 1.25. The molecule has 1 N–H and O–H groups in total. The molecule has 4 nitrogen and oxygen atoms in total. The van der Waals surface area contributed by atoms with Crippen molar-refractivity contribution in [3.63, 3.8) is 0 Å². The second-order valence-corrected chi connectivity index (χ2v) is 3.40. The van der Waals surface area contributed by atoms with Gasteiger partial charge in [0, 0.05) is 18.7 Å². The summed E-state index contributed by atoms with van der Waals surface area (Å²) in [6.45, 7) is 12.8. The van der Waals surface area contributed by atoms with Crippen molar-refractivity contribution in [3.05, 3.63) is 37.6 Å². The monoisotopic (exact) mass is 225 g/mol. The molecule has 0 amide bonds. The zero-order valence-corrected chi connectivity index (χ0v) is 9.52. The van der Waals surface area contributed by atoms with Gasteiger partial charge in [0.25, 0.3) is 0 Å². The Bertz CT molecular complexity index is 255. The van der Waals surface area contributed by atoms with E-state index in [0.29, 0.717) is 6.42 Å². The molecule has 0 spiro atoms. The molecular weight excluding hydrogens is 206 g/mol. The van der Waals surface area contributed by atoms with E-state index in [2.05, 4.69) is 29.5 Å². The van der Waals surface area contributed by atoms with Crippen molar-refractivity contribution in [2.24, 2.45) is 0 Å². The summed E-state index contributed by atoms with van der Waals surface area (Å²) in [6.07, 6.45) is 6.46. The Morgan fingerprint density at radius 2 is 1.94 bits per heavy atom. The fourth-order valence-electron chi connectivity index (χ4n) is 1.25. The summed E-state index contributed by atoms with van der Waals surface area (Å²) in [7, 11) is 0. The summed E-state index contributed by atoms with van der Waals surface area (Å²) in [5.74, 6) is -0.810. The van der Waals surface area contributed by atoms with Crippen molar-refractivity contribution >= 4 is 5.97 Å². The lowest BCUT2D eigenvalue weighted by atomic mass is 10.2. The first-order valence-electron chi connectivity index (χ1n) is 5.16. The molecule has 16 heavy (non-hydrogen) atoms. The van der Waals surface area contributed by atoms with Crippen molar-refractivity contribution in [1.29, 1.82) is 0 Å². The van der Waals surface area contributed by atoms with Gasteiger partial charge < -0.3 is 4.90 Å². The molecule has 0 atom stereocenters. The lowest BCUT2D eigenvalue weighted by Crippen LogP contribution is -2.08. The smallest absolute Gasteiger partial charge is 0.368 e. The quantitative estimate of drug-likeness (QED) is 0.345.